The van der Waals surface area contributed by atoms with Crippen molar-refractivity contribution in [3.8, 4) is 0 Å². The van der Waals surface area contributed by atoms with Gasteiger partial charge in [0.05, 0.1) is 19.1 Å². The van der Waals surface area contributed by atoms with E-state index in [0.29, 0.717) is 0 Å². The number of nitrogens with two attached hydrogens (primary N) is 1. The summed E-state index contributed by atoms with van der Waals surface area (Å²) in [4.78, 5) is 23.2. The molecule has 1 aliphatic carbocycles. The molecule has 0 radical (unpaired) electrons. The topological polar surface area (TPSA) is 93.4 Å². The largest absolute Gasteiger partial charge is 0.380 e. The Morgan fingerprint density at radius 3 is 2.53 bits per heavy atom. The summed E-state index contributed by atoms with van der Waals surface area (Å²) in [6.07, 6.45) is 5.56. The van der Waals surface area contributed by atoms with E-state index in [1.54, 1.807) is 0 Å². The highest BCUT2D eigenvalue weighted by Gasteiger charge is 2.16. The quantitative estimate of drug-likeness (QED) is 0.603. The summed E-state index contributed by atoms with van der Waals surface area (Å²) < 4.78 is 5.01. The number of amides is 2. The van der Waals surface area contributed by atoms with Gasteiger partial charge in [0.15, 0.2) is 0 Å². The van der Waals surface area contributed by atoms with Crippen molar-refractivity contribution < 1.29 is 14.3 Å². The fraction of sp³-hybridized carbons (Fsp3) is 0.846. The van der Waals surface area contributed by atoms with E-state index in [1.165, 1.54) is 26.4 Å². The van der Waals surface area contributed by atoms with Gasteiger partial charge in [-0.15, -0.1) is 0 Å². The second-order valence-corrected chi connectivity index (χ2v) is 4.98. The summed E-state index contributed by atoms with van der Waals surface area (Å²) in [5.74, 6) is -0.335. The highest BCUT2D eigenvalue weighted by atomic mass is 16.5. The minimum Gasteiger partial charge on any atom is -0.380 e. The van der Waals surface area contributed by atoms with Crippen LogP contribution in [0.4, 0.5) is 0 Å². The standard InChI is InChI=1S/C13H25N3O3/c1-19-11(8-14)7-12(17)15-9-13(18)16-10-5-3-2-4-6-10/h10-11H,2-9,14H2,1H3,(H,15,17)(H,16,18). The molecular weight excluding hydrogens is 246 g/mol. The van der Waals surface area contributed by atoms with Crippen LogP contribution in [0.3, 0.4) is 0 Å². The average Bonchev–Trinajstić information content (AvgIpc) is 2.43. The molecule has 0 aromatic rings. The van der Waals surface area contributed by atoms with E-state index in [1.807, 2.05) is 0 Å². The van der Waals surface area contributed by atoms with E-state index in [0.717, 1.165) is 12.8 Å². The van der Waals surface area contributed by atoms with Crippen molar-refractivity contribution in [2.45, 2.75) is 50.7 Å². The zero-order chi connectivity index (χ0) is 14.1. The zero-order valence-corrected chi connectivity index (χ0v) is 11.6. The van der Waals surface area contributed by atoms with Crippen LogP contribution in [0, 0.1) is 0 Å². The first-order chi connectivity index (χ1) is 9.15. The molecular formula is C13H25N3O3. The van der Waals surface area contributed by atoms with Crippen molar-refractivity contribution in [2.24, 2.45) is 5.73 Å². The maximum atomic E-state index is 11.7. The Balaban J connectivity index is 2.16. The summed E-state index contributed by atoms with van der Waals surface area (Å²) in [7, 11) is 1.51. The van der Waals surface area contributed by atoms with Gasteiger partial charge in [0.1, 0.15) is 0 Å². The van der Waals surface area contributed by atoms with Gasteiger partial charge in [-0.2, -0.15) is 0 Å². The third-order valence-corrected chi connectivity index (χ3v) is 3.43. The Kier molecular flexibility index (Phi) is 7.43. The number of hydrogen-bond acceptors (Lipinski definition) is 4. The number of nitrogens with one attached hydrogen (secondary N) is 2. The van der Waals surface area contributed by atoms with Crippen LogP contribution < -0.4 is 16.4 Å². The number of rotatable bonds is 7. The predicted octanol–water partition coefficient (Wildman–Crippen LogP) is -0.0847. The van der Waals surface area contributed by atoms with E-state index in [4.69, 9.17) is 10.5 Å². The molecule has 6 nitrogen and oxygen atoms in total. The first-order valence-corrected chi connectivity index (χ1v) is 6.94. The molecule has 110 valence electrons. The van der Waals surface area contributed by atoms with Crippen molar-refractivity contribution >= 4 is 11.8 Å². The minimum absolute atomic E-state index is 0.0241. The van der Waals surface area contributed by atoms with Gasteiger partial charge in [-0.05, 0) is 12.8 Å². The smallest absolute Gasteiger partial charge is 0.239 e. The van der Waals surface area contributed by atoms with E-state index >= 15 is 0 Å². The molecule has 1 fully saturated rings. The predicted molar refractivity (Wildman–Crippen MR) is 72.5 cm³/mol. The molecule has 0 aromatic heterocycles. The normalized spacial score (nSPS) is 17.8. The minimum atomic E-state index is -0.290. The van der Waals surface area contributed by atoms with Crippen LogP contribution in [0.15, 0.2) is 0 Å². The molecule has 0 saturated heterocycles. The third kappa shape index (κ3) is 6.54. The van der Waals surface area contributed by atoms with Gasteiger partial charge in [-0.25, -0.2) is 0 Å². The van der Waals surface area contributed by atoms with Gasteiger partial charge in [0.25, 0.3) is 0 Å². The first-order valence-electron chi connectivity index (χ1n) is 6.94. The Morgan fingerprint density at radius 1 is 1.26 bits per heavy atom. The molecule has 19 heavy (non-hydrogen) atoms. The van der Waals surface area contributed by atoms with Crippen molar-refractivity contribution in [1.29, 1.82) is 0 Å². The molecule has 1 rings (SSSR count). The van der Waals surface area contributed by atoms with Crippen molar-refractivity contribution in [3.63, 3.8) is 0 Å². The molecule has 0 aliphatic heterocycles. The van der Waals surface area contributed by atoms with Crippen LogP contribution in [-0.2, 0) is 14.3 Å². The summed E-state index contributed by atoms with van der Waals surface area (Å²) in [5.41, 5.74) is 5.43. The van der Waals surface area contributed by atoms with Crippen LogP contribution >= 0.6 is 0 Å². The van der Waals surface area contributed by atoms with E-state index in [-0.39, 0.29) is 43.5 Å². The molecule has 1 saturated carbocycles. The van der Waals surface area contributed by atoms with Crippen molar-refractivity contribution in [3.05, 3.63) is 0 Å². The summed E-state index contributed by atoms with van der Waals surface area (Å²) >= 11 is 0. The van der Waals surface area contributed by atoms with E-state index in [9.17, 15) is 9.59 Å². The summed E-state index contributed by atoms with van der Waals surface area (Å²) in [5, 5.41) is 5.53. The van der Waals surface area contributed by atoms with Crippen molar-refractivity contribution in [2.75, 3.05) is 20.2 Å². The molecule has 1 aliphatic rings. The Labute approximate surface area is 114 Å². The Bertz CT molecular complexity index is 287. The zero-order valence-electron chi connectivity index (χ0n) is 11.6. The van der Waals surface area contributed by atoms with Crippen LogP contribution in [0.2, 0.25) is 0 Å². The first kappa shape index (κ1) is 15.9. The number of carbonyl (C=O) groups excluding carboxylic acids is 2. The summed E-state index contributed by atoms with van der Waals surface area (Å²) in [6.45, 7) is 0.314. The van der Waals surface area contributed by atoms with Crippen LogP contribution in [0.5, 0.6) is 0 Å². The number of ether oxygens (including phenoxy) is 1. The summed E-state index contributed by atoms with van der Waals surface area (Å²) in [6, 6.07) is 0.272. The lowest BCUT2D eigenvalue weighted by Gasteiger charge is -2.22. The van der Waals surface area contributed by atoms with Gasteiger partial charge in [0.2, 0.25) is 11.8 Å². The van der Waals surface area contributed by atoms with Crippen LogP contribution in [0.1, 0.15) is 38.5 Å². The average molecular weight is 271 g/mol. The molecule has 0 bridgehead atoms. The van der Waals surface area contributed by atoms with Gasteiger partial charge < -0.3 is 21.1 Å². The highest BCUT2D eigenvalue weighted by molar-refractivity contribution is 5.84. The lowest BCUT2D eigenvalue weighted by atomic mass is 9.95. The lowest BCUT2D eigenvalue weighted by molar-refractivity contribution is -0.127. The third-order valence-electron chi connectivity index (χ3n) is 3.43. The van der Waals surface area contributed by atoms with Crippen LogP contribution in [0.25, 0.3) is 0 Å². The van der Waals surface area contributed by atoms with Gasteiger partial charge >= 0.3 is 0 Å². The highest BCUT2D eigenvalue weighted by Crippen LogP contribution is 2.17. The lowest BCUT2D eigenvalue weighted by Crippen LogP contribution is -2.43. The second kappa shape index (κ2) is 8.87. The number of methoxy groups -OCH3 is 1. The molecule has 0 aromatic carbocycles. The second-order valence-electron chi connectivity index (χ2n) is 4.98. The molecule has 2 amide bonds. The molecule has 1 atom stereocenters. The molecule has 0 heterocycles. The molecule has 1 unspecified atom stereocenters. The van der Waals surface area contributed by atoms with E-state index < -0.39 is 0 Å². The number of hydrogen-bond donors (Lipinski definition) is 3. The van der Waals surface area contributed by atoms with Gasteiger partial charge in [0, 0.05) is 19.7 Å². The number of carbonyl (C=O) groups is 2. The SMILES string of the molecule is COC(CN)CC(=O)NCC(=O)NC1CCCCC1. The Morgan fingerprint density at radius 2 is 1.95 bits per heavy atom. The van der Waals surface area contributed by atoms with Crippen LogP contribution in [-0.4, -0.2) is 44.2 Å². The maximum absolute atomic E-state index is 11.7. The Hall–Kier alpha value is -1.14. The van der Waals surface area contributed by atoms with Gasteiger partial charge in [-0.1, -0.05) is 19.3 Å². The molecule has 4 N–H and O–H groups in total. The fourth-order valence-corrected chi connectivity index (χ4v) is 2.25. The maximum Gasteiger partial charge on any atom is 0.239 e. The van der Waals surface area contributed by atoms with Gasteiger partial charge in [-0.3, -0.25) is 9.59 Å². The fourth-order valence-electron chi connectivity index (χ4n) is 2.25. The monoisotopic (exact) mass is 271 g/mol. The van der Waals surface area contributed by atoms with E-state index in [2.05, 4.69) is 10.6 Å². The molecule has 6 heteroatoms. The van der Waals surface area contributed by atoms with Crippen molar-refractivity contribution in [1.82, 2.24) is 10.6 Å². The molecule has 0 spiro atoms.